The van der Waals surface area contributed by atoms with Crippen LogP contribution in [-0.4, -0.2) is 50.3 Å². The lowest BCUT2D eigenvalue weighted by atomic mass is 10.1. The fourth-order valence-corrected chi connectivity index (χ4v) is 2.98. The smallest absolute Gasteiger partial charge is 0.229 e. The number of amides is 1. The van der Waals surface area contributed by atoms with E-state index in [1.165, 1.54) is 0 Å². The molecule has 0 saturated carbocycles. The highest BCUT2D eigenvalue weighted by Gasteiger charge is 2.23. The number of benzene rings is 1. The first-order valence-corrected chi connectivity index (χ1v) is 8.07. The molecular weight excluding hydrogens is 304 g/mol. The van der Waals surface area contributed by atoms with Crippen molar-refractivity contribution in [3.05, 3.63) is 28.8 Å². The Morgan fingerprint density at radius 3 is 2.77 bits per heavy atom. The average molecular weight is 325 g/mol. The lowest BCUT2D eigenvalue weighted by Gasteiger charge is -2.27. The molecule has 1 amide bonds. The van der Waals surface area contributed by atoms with Crippen LogP contribution in [0.5, 0.6) is 0 Å². The minimum atomic E-state index is -0.0493. The van der Waals surface area contributed by atoms with E-state index in [9.17, 15) is 4.79 Å². The molecule has 2 fully saturated rings. The van der Waals surface area contributed by atoms with Gasteiger partial charge in [-0.1, -0.05) is 17.7 Å². The molecule has 0 aromatic heterocycles. The quantitative estimate of drug-likeness (QED) is 0.922. The van der Waals surface area contributed by atoms with Crippen LogP contribution in [0.1, 0.15) is 12.0 Å². The van der Waals surface area contributed by atoms with Crippen LogP contribution in [-0.2, 0) is 20.8 Å². The molecule has 0 spiro atoms. The molecule has 0 radical (unpaired) electrons. The minimum Gasteiger partial charge on any atom is -0.381 e. The highest BCUT2D eigenvalue weighted by atomic mass is 35.5. The molecule has 2 saturated heterocycles. The summed E-state index contributed by atoms with van der Waals surface area (Å²) in [5.41, 5.74) is 1.82. The van der Waals surface area contributed by atoms with Gasteiger partial charge in [0.1, 0.15) is 0 Å². The Balaban J connectivity index is 1.60. The van der Waals surface area contributed by atoms with E-state index in [2.05, 4.69) is 10.2 Å². The van der Waals surface area contributed by atoms with Crippen LogP contribution in [0.4, 0.5) is 5.69 Å². The van der Waals surface area contributed by atoms with Gasteiger partial charge in [0, 0.05) is 37.0 Å². The molecule has 1 aromatic rings. The number of hydrogen-bond donors (Lipinski definition) is 1. The number of anilines is 1. The molecule has 1 atom stereocenters. The molecule has 3 rings (SSSR count). The van der Waals surface area contributed by atoms with Gasteiger partial charge in [0.25, 0.3) is 0 Å². The van der Waals surface area contributed by atoms with Crippen molar-refractivity contribution in [1.29, 1.82) is 0 Å². The highest BCUT2D eigenvalue weighted by Crippen LogP contribution is 2.24. The van der Waals surface area contributed by atoms with Crippen molar-refractivity contribution >= 4 is 23.2 Å². The Morgan fingerprint density at radius 2 is 2.09 bits per heavy atom. The lowest BCUT2D eigenvalue weighted by Crippen LogP contribution is -2.35. The van der Waals surface area contributed by atoms with Gasteiger partial charge in [0.2, 0.25) is 5.91 Å². The molecule has 1 N–H and O–H groups in total. The number of morpholine rings is 1. The van der Waals surface area contributed by atoms with Gasteiger partial charge >= 0.3 is 0 Å². The van der Waals surface area contributed by atoms with Gasteiger partial charge in [0.05, 0.1) is 25.7 Å². The van der Waals surface area contributed by atoms with E-state index in [1.807, 2.05) is 18.2 Å². The molecule has 2 aliphatic heterocycles. The van der Waals surface area contributed by atoms with Crippen LogP contribution in [0.25, 0.3) is 0 Å². The van der Waals surface area contributed by atoms with Gasteiger partial charge in [-0.15, -0.1) is 0 Å². The number of carbonyl (C=O) groups excluding carboxylic acids is 1. The summed E-state index contributed by atoms with van der Waals surface area (Å²) >= 11 is 6.36. The molecular formula is C16H21ClN2O3. The number of nitrogens with one attached hydrogen (secondary N) is 1. The fourth-order valence-electron chi connectivity index (χ4n) is 2.74. The van der Waals surface area contributed by atoms with Crippen molar-refractivity contribution < 1.29 is 14.3 Å². The Hall–Kier alpha value is -1.14. The van der Waals surface area contributed by atoms with Gasteiger partial charge in [-0.3, -0.25) is 9.69 Å². The van der Waals surface area contributed by atoms with Crippen molar-refractivity contribution in [3.63, 3.8) is 0 Å². The van der Waals surface area contributed by atoms with Crippen LogP contribution in [0.2, 0.25) is 5.02 Å². The number of halogens is 1. The molecule has 2 aliphatic rings. The summed E-state index contributed by atoms with van der Waals surface area (Å²) in [7, 11) is 0. The first-order valence-electron chi connectivity index (χ1n) is 7.69. The Morgan fingerprint density at radius 1 is 1.27 bits per heavy atom. The number of nitrogens with zero attached hydrogens (tertiary/aromatic N) is 1. The van der Waals surface area contributed by atoms with Gasteiger partial charge in [-0.2, -0.15) is 0 Å². The Labute approximate surface area is 135 Å². The fraction of sp³-hybridized carbons (Fsp3) is 0.562. The van der Waals surface area contributed by atoms with Crippen LogP contribution in [0, 0.1) is 5.92 Å². The predicted molar refractivity (Wildman–Crippen MR) is 85.1 cm³/mol. The van der Waals surface area contributed by atoms with E-state index in [-0.39, 0.29) is 11.8 Å². The third kappa shape index (κ3) is 3.98. The molecule has 1 aromatic carbocycles. The molecule has 0 aliphatic carbocycles. The summed E-state index contributed by atoms with van der Waals surface area (Å²) in [6, 6.07) is 5.72. The molecule has 0 bridgehead atoms. The van der Waals surface area contributed by atoms with Crippen LogP contribution in [0.3, 0.4) is 0 Å². The number of hydrogen-bond acceptors (Lipinski definition) is 4. The number of rotatable bonds is 4. The number of carbonyl (C=O) groups is 1. The van der Waals surface area contributed by atoms with Crippen LogP contribution < -0.4 is 5.32 Å². The van der Waals surface area contributed by atoms with E-state index >= 15 is 0 Å². The zero-order chi connectivity index (χ0) is 15.4. The zero-order valence-electron chi connectivity index (χ0n) is 12.5. The predicted octanol–water partition coefficient (Wildman–Crippen LogP) is 2.15. The third-order valence-corrected chi connectivity index (χ3v) is 4.47. The summed E-state index contributed by atoms with van der Waals surface area (Å²) in [4.78, 5) is 14.4. The standard InChI is InChI=1S/C16H21ClN2O3/c17-15-9-14(18-16(20)13-3-6-22-11-13)2-1-12(15)10-19-4-7-21-8-5-19/h1-2,9,13H,3-8,10-11H2,(H,18,20)/t13-/m1/s1. The molecule has 0 unspecified atom stereocenters. The maximum atomic E-state index is 12.1. The molecule has 22 heavy (non-hydrogen) atoms. The number of ether oxygens (including phenoxy) is 2. The first-order chi connectivity index (χ1) is 10.7. The summed E-state index contributed by atoms with van der Waals surface area (Å²) in [5.74, 6) is -0.0405. The topological polar surface area (TPSA) is 50.8 Å². The van der Waals surface area contributed by atoms with E-state index < -0.39 is 0 Å². The first kappa shape index (κ1) is 15.7. The SMILES string of the molecule is O=C(Nc1ccc(CN2CCOCC2)c(Cl)c1)[C@@H]1CCOC1. The van der Waals surface area contributed by atoms with E-state index in [0.717, 1.165) is 50.5 Å². The van der Waals surface area contributed by atoms with Crippen molar-refractivity contribution in [2.75, 3.05) is 44.8 Å². The van der Waals surface area contributed by atoms with E-state index in [0.29, 0.717) is 18.2 Å². The molecule has 2 heterocycles. The normalized spacial score (nSPS) is 22.7. The summed E-state index contributed by atoms with van der Waals surface area (Å²) in [6.07, 6.45) is 0.786. The molecule has 5 nitrogen and oxygen atoms in total. The minimum absolute atomic E-state index is 0.00879. The second-order valence-electron chi connectivity index (χ2n) is 5.74. The van der Waals surface area contributed by atoms with Crippen molar-refractivity contribution in [2.24, 2.45) is 5.92 Å². The molecule has 120 valence electrons. The summed E-state index contributed by atoms with van der Waals surface area (Å²) < 4.78 is 10.6. The summed E-state index contributed by atoms with van der Waals surface area (Å²) in [5, 5.41) is 3.61. The maximum Gasteiger partial charge on any atom is 0.229 e. The lowest BCUT2D eigenvalue weighted by molar-refractivity contribution is -0.119. The third-order valence-electron chi connectivity index (χ3n) is 4.12. The Bertz CT molecular complexity index is 526. The zero-order valence-corrected chi connectivity index (χ0v) is 13.3. The second kappa shape index (κ2) is 7.42. The van der Waals surface area contributed by atoms with Gasteiger partial charge in [-0.25, -0.2) is 0 Å². The monoisotopic (exact) mass is 324 g/mol. The van der Waals surface area contributed by atoms with Crippen molar-refractivity contribution in [3.8, 4) is 0 Å². The second-order valence-corrected chi connectivity index (χ2v) is 6.15. The Kier molecular flexibility index (Phi) is 5.31. The van der Waals surface area contributed by atoms with Gasteiger partial charge in [0.15, 0.2) is 0 Å². The molecule has 6 heteroatoms. The van der Waals surface area contributed by atoms with Crippen LogP contribution >= 0.6 is 11.6 Å². The maximum absolute atomic E-state index is 12.1. The van der Waals surface area contributed by atoms with E-state index in [4.69, 9.17) is 21.1 Å². The van der Waals surface area contributed by atoms with Gasteiger partial charge < -0.3 is 14.8 Å². The van der Waals surface area contributed by atoms with E-state index in [1.54, 1.807) is 0 Å². The van der Waals surface area contributed by atoms with Crippen LogP contribution in [0.15, 0.2) is 18.2 Å². The largest absolute Gasteiger partial charge is 0.381 e. The van der Waals surface area contributed by atoms with Gasteiger partial charge in [-0.05, 0) is 24.1 Å². The average Bonchev–Trinajstić information content (AvgIpc) is 3.05. The van der Waals surface area contributed by atoms with Crippen molar-refractivity contribution in [2.45, 2.75) is 13.0 Å². The summed E-state index contributed by atoms with van der Waals surface area (Å²) in [6.45, 7) is 5.39. The van der Waals surface area contributed by atoms with Crippen molar-refractivity contribution in [1.82, 2.24) is 4.90 Å². The highest BCUT2D eigenvalue weighted by molar-refractivity contribution is 6.31.